The molecule has 5 nitrogen and oxygen atoms in total. The number of fused-ring (bicyclic) bond motifs is 1. The summed E-state index contributed by atoms with van der Waals surface area (Å²) in [7, 11) is -3.33. The molecule has 0 saturated carbocycles. The number of carbonyl (C=O) groups excluding carboxylic acids is 1. The zero-order chi connectivity index (χ0) is 20.4. The monoisotopic (exact) mass is 408 g/mol. The fourth-order valence-corrected chi connectivity index (χ4v) is 4.49. The first kappa shape index (κ1) is 19.6. The van der Waals surface area contributed by atoms with Crippen LogP contribution in [0.3, 0.4) is 0 Å². The van der Waals surface area contributed by atoms with E-state index in [9.17, 15) is 13.2 Å². The third kappa shape index (κ3) is 4.33. The summed E-state index contributed by atoms with van der Waals surface area (Å²) in [5.41, 5.74) is 1.72. The van der Waals surface area contributed by atoms with E-state index < -0.39 is 9.84 Å². The molecule has 0 atom stereocenters. The second-order valence-corrected chi connectivity index (χ2v) is 9.52. The number of rotatable bonds is 4. The van der Waals surface area contributed by atoms with Gasteiger partial charge in [-0.15, -0.1) is 0 Å². The van der Waals surface area contributed by atoms with Gasteiger partial charge >= 0.3 is 0 Å². The Bertz CT molecular complexity index is 1140. The largest absolute Gasteiger partial charge is 0.336 e. The highest BCUT2D eigenvalue weighted by Crippen LogP contribution is 2.21. The third-order valence-electron chi connectivity index (χ3n) is 5.44. The number of piperazine rings is 1. The summed E-state index contributed by atoms with van der Waals surface area (Å²) in [6.07, 6.45) is 1.16. The van der Waals surface area contributed by atoms with E-state index in [1.54, 1.807) is 17.0 Å². The number of carbonyl (C=O) groups is 1. The molecule has 0 bridgehead atoms. The SMILES string of the molecule is CS(=O)(=O)c1cccc(C(=O)N2CCN(Cc3cccc4ccccc34)CC2)c1. The molecule has 3 aromatic rings. The van der Waals surface area contributed by atoms with E-state index >= 15 is 0 Å². The Labute approximate surface area is 171 Å². The van der Waals surface area contributed by atoms with Gasteiger partial charge in [0.15, 0.2) is 9.84 Å². The van der Waals surface area contributed by atoms with Crippen molar-refractivity contribution in [1.82, 2.24) is 9.80 Å². The average Bonchev–Trinajstić information content (AvgIpc) is 2.73. The molecule has 0 spiro atoms. The second kappa shape index (κ2) is 7.97. The van der Waals surface area contributed by atoms with Crippen LogP contribution in [0.4, 0.5) is 0 Å². The molecule has 0 aliphatic carbocycles. The maximum Gasteiger partial charge on any atom is 0.253 e. The first-order chi connectivity index (χ1) is 13.9. The number of hydrogen-bond acceptors (Lipinski definition) is 4. The van der Waals surface area contributed by atoms with E-state index in [0.29, 0.717) is 18.7 Å². The van der Waals surface area contributed by atoms with Gasteiger partial charge in [-0.1, -0.05) is 48.5 Å². The van der Waals surface area contributed by atoms with E-state index in [2.05, 4.69) is 47.4 Å². The average molecular weight is 409 g/mol. The van der Waals surface area contributed by atoms with Crippen molar-refractivity contribution in [1.29, 1.82) is 0 Å². The smallest absolute Gasteiger partial charge is 0.253 e. The van der Waals surface area contributed by atoms with Crippen molar-refractivity contribution in [3.8, 4) is 0 Å². The van der Waals surface area contributed by atoms with Gasteiger partial charge in [0.1, 0.15) is 0 Å². The van der Waals surface area contributed by atoms with Crippen LogP contribution in [0.15, 0.2) is 71.6 Å². The van der Waals surface area contributed by atoms with Crippen LogP contribution < -0.4 is 0 Å². The Hall–Kier alpha value is -2.70. The summed E-state index contributed by atoms with van der Waals surface area (Å²) in [5, 5.41) is 2.51. The van der Waals surface area contributed by atoms with Gasteiger partial charge in [-0.3, -0.25) is 9.69 Å². The van der Waals surface area contributed by atoms with Crippen LogP contribution in [0.2, 0.25) is 0 Å². The lowest BCUT2D eigenvalue weighted by atomic mass is 10.0. The molecule has 1 aliphatic rings. The van der Waals surface area contributed by atoms with E-state index in [1.165, 1.54) is 28.5 Å². The number of sulfone groups is 1. The molecule has 6 heteroatoms. The summed E-state index contributed by atoms with van der Waals surface area (Å²) >= 11 is 0. The van der Waals surface area contributed by atoms with Crippen LogP contribution in [-0.2, 0) is 16.4 Å². The summed E-state index contributed by atoms with van der Waals surface area (Å²) < 4.78 is 23.5. The Morgan fingerprint density at radius 1 is 0.897 bits per heavy atom. The Morgan fingerprint density at radius 2 is 1.59 bits per heavy atom. The molecule has 1 saturated heterocycles. The molecule has 0 radical (unpaired) electrons. The second-order valence-electron chi connectivity index (χ2n) is 7.51. The molecule has 1 amide bonds. The zero-order valence-electron chi connectivity index (χ0n) is 16.4. The minimum absolute atomic E-state index is 0.111. The van der Waals surface area contributed by atoms with Gasteiger partial charge in [0, 0.05) is 44.5 Å². The lowest BCUT2D eigenvalue weighted by Gasteiger charge is -2.35. The summed E-state index contributed by atoms with van der Waals surface area (Å²) in [4.78, 5) is 17.2. The Balaban J connectivity index is 1.42. The first-order valence-corrected chi connectivity index (χ1v) is 11.6. The van der Waals surface area contributed by atoms with Crippen molar-refractivity contribution >= 4 is 26.5 Å². The number of amides is 1. The third-order valence-corrected chi connectivity index (χ3v) is 6.55. The molecule has 3 aromatic carbocycles. The molecule has 4 rings (SSSR count). The van der Waals surface area contributed by atoms with Gasteiger partial charge in [-0.2, -0.15) is 0 Å². The summed E-state index contributed by atoms with van der Waals surface area (Å²) in [6.45, 7) is 3.70. The fraction of sp³-hybridized carbons (Fsp3) is 0.261. The van der Waals surface area contributed by atoms with Crippen LogP contribution in [0.1, 0.15) is 15.9 Å². The molecule has 1 fully saturated rings. The van der Waals surface area contributed by atoms with Crippen molar-refractivity contribution in [3.63, 3.8) is 0 Å². The summed E-state index contributed by atoms with van der Waals surface area (Å²) in [6, 6.07) is 21.1. The van der Waals surface area contributed by atoms with Crippen LogP contribution in [0.25, 0.3) is 10.8 Å². The predicted octanol–water partition coefficient (Wildman–Crippen LogP) is 3.20. The molecule has 29 heavy (non-hydrogen) atoms. The molecular weight excluding hydrogens is 384 g/mol. The van der Waals surface area contributed by atoms with Crippen molar-refractivity contribution in [2.24, 2.45) is 0 Å². The molecule has 150 valence electrons. The molecule has 0 N–H and O–H groups in total. The minimum atomic E-state index is -3.33. The van der Waals surface area contributed by atoms with Gasteiger partial charge in [-0.05, 0) is 34.5 Å². The van der Waals surface area contributed by atoms with E-state index in [1.807, 2.05) is 0 Å². The highest BCUT2D eigenvalue weighted by atomic mass is 32.2. The van der Waals surface area contributed by atoms with Crippen LogP contribution in [-0.4, -0.2) is 56.6 Å². The maximum absolute atomic E-state index is 12.8. The van der Waals surface area contributed by atoms with Gasteiger partial charge in [0.05, 0.1) is 4.90 Å². The Kier molecular flexibility index (Phi) is 5.39. The van der Waals surface area contributed by atoms with E-state index in [-0.39, 0.29) is 10.8 Å². The van der Waals surface area contributed by atoms with Crippen molar-refractivity contribution in [2.45, 2.75) is 11.4 Å². The highest BCUT2D eigenvalue weighted by molar-refractivity contribution is 7.90. The molecule has 1 heterocycles. The fourth-order valence-electron chi connectivity index (χ4n) is 3.82. The van der Waals surface area contributed by atoms with Crippen molar-refractivity contribution in [2.75, 3.05) is 32.4 Å². The minimum Gasteiger partial charge on any atom is -0.336 e. The topological polar surface area (TPSA) is 57.7 Å². The van der Waals surface area contributed by atoms with Gasteiger partial charge in [-0.25, -0.2) is 8.42 Å². The van der Waals surface area contributed by atoms with Gasteiger partial charge in [0.2, 0.25) is 0 Å². The first-order valence-electron chi connectivity index (χ1n) is 9.70. The molecule has 0 aromatic heterocycles. The number of benzene rings is 3. The number of hydrogen-bond donors (Lipinski definition) is 0. The lowest BCUT2D eigenvalue weighted by Crippen LogP contribution is -2.48. The standard InChI is InChI=1S/C23H24N2O3S/c1-29(27,28)21-10-5-8-19(16-21)23(26)25-14-12-24(13-15-25)17-20-9-4-7-18-6-2-3-11-22(18)20/h2-11,16H,12-15,17H2,1H3. The predicted molar refractivity (Wildman–Crippen MR) is 115 cm³/mol. The molecule has 0 unspecified atom stereocenters. The molecular formula is C23H24N2O3S. The highest BCUT2D eigenvalue weighted by Gasteiger charge is 2.23. The lowest BCUT2D eigenvalue weighted by molar-refractivity contribution is 0.0628. The zero-order valence-corrected chi connectivity index (χ0v) is 17.2. The van der Waals surface area contributed by atoms with Crippen molar-refractivity contribution < 1.29 is 13.2 Å². The van der Waals surface area contributed by atoms with Crippen LogP contribution in [0.5, 0.6) is 0 Å². The maximum atomic E-state index is 12.8. The van der Waals surface area contributed by atoms with Crippen molar-refractivity contribution in [3.05, 3.63) is 77.9 Å². The normalized spacial score (nSPS) is 15.6. The number of nitrogens with zero attached hydrogens (tertiary/aromatic N) is 2. The van der Waals surface area contributed by atoms with E-state index in [0.717, 1.165) is 25.9 Å². The molecule has 1 aliphatic heterocycles. The van der Waals surface area contributed by atoms with Crippen LogP contribution >= 0.6 is 0 Å². The van der Waals surface area contributed by atoms with Gasteiger partial charge < -0.3 is 4.90 Å². The van der Waals surface area contributed by atoms with Gasteiger partial charge in [0.25, 0.3) is 5.91 Å². The summed E-state index contributed by atoms with van der Waals surface area (Å²) in [5.74, 6) is -0.111. The quantitative estimate of drug-likeness (QED) is 0.665. The van der Waals surface area contributed by atoms with E-state index in [4.69, 9.17) is 0 Å². The van der Waals surface area contributed by atoms with Crippen LogP contribution in [0, 0.1) is 0 Å². The Morgan fingerprint density at radius 3 is 2.34 bits per heavy atom.